The van der Waals surface area contributed by atoms with Crippen molar-refractivity contribution in [2.45, 2.75) is 137 Å². The van der Waals surface area contributed by atoms with Gasteiger partial charge in [-0.15, -0.1) is 0 Å². The van der Waals surface area contributed by atoms with Crippen LogP contribution >= 0.6 is 0 Å². The van der Waals surface area contributed by atoms with Gasteiger partial charge in [-0.2, -0.15) is 0 Å². The van der Waals surface area contributed by atoms with E-state index in [1.165, 1.54) is 56.3 Å². The zero-order chi connectivity index (χ0) is 33.1. The lowest BCUT2D eigenvalue weighted by Crippen LogP contribution is -2.51. The molecule has 4 aliphatic carbocycles. The van der Waals surface area contributed by atoms with E-state index in [4.69, 9.17) is 4.74 Å². The van der Waals surface area contributed by atoms with E-state index in [-0.39, 0.29) is 42.4 Å². The van der Waals surface area contributed by atoms with Crippen LogP contribution < -0.4 is 5.32 Å². The highest BCUT2D eigenvalue weighted by Crippen LogP contribution is 2.67. The number of hydrogen-bond donors (Lipinski definition) is 1. The molecule has 0 radical (unpaired) electrons. The average Bonchev–Trinajstić information content (AvgIpc) is 3.58. The molecule has 5 rings (SSSR count). The van der Waals surface area contributed by atoms with Gasteiger partial charge in [0, 0.05) is 25.9 Å². The third-order valence-electron chi connectivity index (χ3n) is 13.6. The van der Waals surface area contributed by atoms with E-state index in [9.17, 15) is 19.2 Å². The summed E-state index contributed by atoms with van der Waals surface area (Å²) in [6.45, 7) is 13.2. The fourth-order valence-corrected chi connectivity index (χ4v) is 10.9. The van der Waals surface area contributed by atoms with Crippen molar-refractivity contribution in [1.29, 1.82) is 0 Å². The number of carbonyl (C=O) groups is 4. The fourth-order valence-electron chi connectivity index (χ4n) is 10.9. The van der Waals surface area contributed by atoms with Crippen LogP contribution in [0.2, 0.25) is 0 Å². The summed E-state index contributed by atoms with van der Waals surface area (Å²) < 4.78 is 5.92. The molecule has 1 N–H and O–H groups in total. The summed E-state index contributed by atoms with van der Waals surface area (Å²) in [5.41, 5.74) is 2.29. The van der Waals surface area contributed by atoms with E-state index in [0.29, 0.717) is 31.1 Å². The largest absolute Gasteiger partial charge is 0.446 e. The Hall–Kier alpha value is -2.18. The van der Waals surface area contributed by atoms with Gasteiger partial charge in [-0.25, -0.2) is 4.79 Å². The minimum Gasteiger partial charge on any atom is -0.446 e. The lowest BCUT2D eigenvalue weighted by atomic mass is 9.47. The molecule has 7 heteroatoms. The van der Waals surface area contributed by atoms with Crippen LogP contribution in [-0.2, 0) is 19.1 Å². The molecular weight excluding hydrogens is 576 g/mol. The Kier molecular flexibility index (Phi) is 11.4. The summed E-state index contributed by atoms with van der Waals surface area (Å²) in [7, 11) is 0. The molecule has 46 heavy (non-hydrogen) atoms. The zero-order valence-electron chi connectivity index (χ0n) is 29.5. The molecule has 3 saturated carbocycles. The molecule has 9 atom stereocenters. The van der Waals surface area contributed by atoms with E-state index in [1.807, 2.05) is 0 Å². The number of nitrogens with zero attached hydrogens (tertiary/aromatic N) is 1. The van der Waals surface area contributed by atoms with Crippen molar-refractivity contribution in [3.8, 4) is 0 Å². The van der Waals surface area contributed by atoms with Crippen LogP contribution in [0.1, 0.15) is 131 Å². The summed E-state index contributed by atoms with van der Waals surface area (Å²) in [4.78, 5) is 49.1. The SMILES string of the molecule is CC(C)CCCC(C)[C@H]1CCC2C3CC=C4C[C@@H](OC(=O)NCCCCCC(=O)N5CC(=O)C(C=O)C5)CC[C@]4(C)C3CC[C@@]21C. The topological polar surface area (TPSA) is 92.8 Å². The van der Waals surface area contributed by atoms with Crippen molar-refractivity contribution in [3.05, 3.63) is 11.6 Å². The molecule has 7 nitrogen and oxygen atoms in total. The van der Waals surface area contributed by atoms with Gasteiger partial charge in [-0.3, -0.25) is 9.59 Å². The van der Waals surface area contributed by atoms with Crippen molar-refractivity contribution in [2.24, 2.45) is 52.3 Å². The number of fused-ring (bicyclic) bond motifs is 5. The molecule has 2 amide bonds. The number of ether oxygens (including phenoxy) is 1. The van der Waals surface area contributed by atoms with Crippen LogP contribution in [0.15, 0.2) is 11.6 Å². The maximum absolute atomic E-state index is 12.7. The van der Waals surface area contributed by atoms with Crippen LogP contribution in [0, 0.1) is 52.3 Å². The number of nitrogens with one attached hydrogen (secondary N) is 1. The maximum atomic E-state index is 12.7. The van der Waals surface area contributed by atoms with Crippen molar-refractivity contribution in [3.63, 3.8) is 0 Å². The summed E-state index contributed by atoms with van der Waals surface area (Å²) >= 11 is 0. The number of ketones is 1. The number of likely N-dealkylation sites (tertiary alicyclic amines) is 1. The molecule has 0 aromatic heterocycles. The van der Waals surface area contributed by atoms with Gasteiger partial charge in [0.25, 0.3) is 0 Å². The van der Waals surface area contributed by atoms with Gasteiger partial charge in [0.15, 0.2) is 5.78 Å². The fraction of sp³-hybridized carbons (Fsp3) is 0.846. The second-order valence-electron chi connectivity index (χ2n) is 16.8. The second-order valence-corrected chi connectivity index (χ2v) is 16.8. The second kappa shape index (κ2) is 14.9. The molecule has 1 heterocycles. The molecule has 0 bridgehead atoms. The van der Waals surface area contributed by atoms with E-state index < -0.39 is 5.92 Å². The Morgan fingerprint density at radius 2 is 1.83 bits per heavy atom. The quantitative estimate of drug-likeness (QED) is 0.0958. The minimum atomic E-state index is -0.662. The molecule has 5 aliphatic rings. The molecule has 4 fully saturated rings. The normalized spacial score (nSPS) is 36.0. The van der Waals surface area contributed by atoms with Gasteiger partial charge in [0.05, 0.1) is 12.5 Å². The standard InChI is InChI=1S/C39H62N2O5/c1-26(2)10-9-11-27(3)32-15-16-33-31-14-13-29-22-30(17-19-38(29,4)34(31)18-20-39(32,33)5)46-37(45)40-21-8-6-7-12-36(44)41-23-28(25-42)35(43)24-41/h13,25-28,30-34H,6-12,14-24H2,1-5H3,(H,40,45)/t27?,28?,30-,31?,32+,33?,34?,38-,39+/m0/s1. The summed E-state index contributed by atoms with van der Waals surface area (Å²) in [5.74, 6) is 4.05. The smallest absolute Gasteiger partial charge is 0.407 e. The number of Topliss-reactive ketones (excluding diaryl/α,β-unsaturated/α-hetero) is 1. The van der Waals surface area contributed by atoms with E-state index >= 15 is 0 Å². The number of amides is 2. The summed E-state index contributed by atoms with van der Waals surface area (Å²) in [5, 5.41) is 2.92. The van der Waals surface area contributed by atoms with E-state index in [0.717, 1.165) is 67.6 Å². The first-order chi connectivity index (χ1) is 22.0. The monoisotopic (exact) mass is 638 g/mol. The molecule has 1 aliphatic heterocycles. The van der Waals surface area contributed by atoms with Gasteiger partial charge in [-0.1, -0.05) is 72.0 Å². The Morgan fingerprint density at radius 1 is 1.02 bits per heavy atom. The molecular formula is C39H62N2O5. The number of allylic oxidation sites excluding steroid dienone is 1. The highest BCUT2D eigenvalue weighted by atomic mass is 16.6. The molecule has 1 saturated heterocycles. The zero-order valence-corrected chi connectivity index (χ0v) is 29.5. The predicted octanol–water partition coefficient (Wildman–Crippen LogP) is 7.91. The molecule has 258 valence electrons. The highest BCUT2D eigenvalue weighted by molar-refractivity contribution is 5.99. The predicted molar refractivity (Wildman–Crippen MR) is 181 cm³/mol. The van der Waals surface area contributed by atoms with Crippen molar-refractivity contribution in [1.82, 2.24) is 10.2 Å². The number of hydrogen-bond acceptors (Lipinski definition) is 5. The van der Waals surface area contributed by atoms with Crippen molar-refractivity contribution < 1.29 is 23.9 Å². The number of alkyl carbamates (subject to hydrolysis) is 1. The third-order valence-corrected chi connectivity index (χ3v) is 13.6. The highest BCUT2D eigenvalue weighted by Gasteiger charge is 2.59. The Bertz CT molecular complexity index is 1150. The number of carbonyl (C=O) groups excluding carboxylic acids is 4. The van der Waals surface area contributed by atoms with Crippen LogP contribution in [0.3, 0.4) is 0 Å². The summed E-state index contributed by atoms with van der Waals surface area (Å²) in [6, 6.07) is 0. The van der Waals surface area contributed by atoms with Crippen LogP contribution in [0.25, 0.3) is 0 Å². The molecule has 0 spiro atoms. The first-order valence-corrected chi connectivity index (χ1v) is 18.9. The van der Waals surface area contributed by atoms with Crippen LogP contribution in [-0.4, -0.2) is 54.7 Å². The van der Waals surface area contributed by atoms with Gasteiger partial charge in [-0.05, 0) is 104 Å². The first kappa shape index (κ1) is 35.1. The lowest BCUT2D eigenvalue weighted by molar-refractivity contribution is -0.131. The average molecular weight is 639 g/mol. The Labute approximate surface area is 278 Å². The van der Waals surface area contributed by atoms with Crippen molar-refractivity contribution in [2.75, 3.05) is 19.6 Å². The number of aldehydes is 1. The van der Waals surface area contributed by atoms with Gasteiger partial charge in [0.2, 0.25) is 5.91 Å². The maximum Gasteiger partial charge on any atom is 0.407 e. The lowest BCUT2D eigenvalue weighted by Gasteiger charge is -2.58. The van der Waals surface area contributed by atoms with Gasteiger partial charge in [0.1, 0.15) is 12.4 Å². The van der Waals surface area contributed by atoms with Gasteiger partial charge >= 0.3 is 6.09 Å². The first-order valence-electron chi connectivity index (χ1n) is 18.9. The Balaban J connectivity index is 1.04. The molecule has 0 aromatic rings. The minimum absolute atomic E-state index is 0.0482. The van der Waals surface area contributed by atoms with Crippen molar-refractivity contribution >= 4 is 24.1 Å². The van der Waals surface area contributed by atoms with E-state index in [2.05, 4.69) is 46.0 Å². The van der Waals surface area contributed by atoms with Crippen LogP contribution in [0.5, 0.6) is 0 Å². The van der Waals surface area contributed by atoms with E-state index in [1.54, 1.807) is 5.57 Å². The number of rotatable bonds is 13. The Morgan fingerprint density at radius 3 is 2.57 bits per heavy atom. The third kappa shape index (κ3) is 7.43. The van der Waals surface area contributed by atoms with Gasteiger partial charge < -0.3 is 19.7 Å². The summed E-state index contributed by atoms with van der Waals surface area (Å²) in [6.07, 6.45) is 19.3. The molecule has 0 aromatic carbocycles. The number of unbranched alkanes of at least 4 members (excludes halogenated alkanes) is 2. The molecule has 5 unspecified atom stereocenters. The van der Waals surface area contributed by atoms with Crippen LogP contribution in [0.4, 0.5) is 4.79 Å².